The maximum atomic E-state index is 14.0. The Morgan fingerprint density at radius 2 is 1.82 bits per heavy atom. The van der Waals surface area contributed by atoms with Crippen molar-refractivity contribution in [1.82, 2.24) is 4.90 Å². The zero-order chi connectivity index (χ0) is 27.8. The standard InChI is InChI=1S/C27H28Cl2N2O6S/c1-27(2,30-3)38(35,36)15-21(16-7-8-16)31-24(17-9-11-19(28)12-10-17)25(18-5-4-6-20(29)13-18)37-22(26(31)34)14-23(32)33/h4-6,9-13,16,21-22,24-25H,7-8,14-15H2,1-2H3,(H,32,33)/t21-,22-,24-,25-/m1/s1. The van der Waals surface area contributed by atoms with Gasteiger partial charge in [0.1, 0.15) is 12.2 Å². The Kier molecular flexibility index (Phi) is 8.10. The summed E-state index contributed by atoms with van der Waals surface area (Å²) in [6, 6.07) is 12.1. The number of benzene rings is 2. The number of carbonyl (C=O) groups is 2. The molecule has 1 N–H and O–H groups in total. The monoisotopic (exact) mass is 578 g/mol. The van der Waals surface area contributed by atoms with Gasteiger partial charge in [-0.2, -0.15) is 0 Å². The molecule has 2 aromatic carbocycles. The van der Waals surface area contributed by atoms with Crippen molar-refractivity contribution >= 4 is 44.9 Å². The first kappa shape index (κ1) is 28.4. The molecule has 0 bridgehead atoms. The van der Waals surface area contributed by atoms with Crippen LogP contribution in [-0.4, -0.2) is 53.1 Å². The van der Waals surface area contributed by atoms with Crippen molar-refractivity contribution in [1.29, 1.82) is 0 Å². The van der Waals surface area contributed by atoms with Crippen LogP contribution in [0.2, 0.25) is 10.0 Å². The number of rotatable bonds is 9. The molecule has 1 saturated heterocycles. The number of halogens is 2. The number of sulfone groups is 1. The second-order valence-corrected chi connectivity index (χ2v) is 13.6. The van der Waals surface area contributed by atoms with Crippen molar-refractivity contribution in [3.05, 3.63) is 81.1 Å². The van der Waals surface area contributed by atoms with E-state index in [1.54, 1.807) is 48.5 Å². The van der Waals surface area contributed by atoms with E-state index in [0.717, 1.165) is 0 Å². The van der Waals surface area contributed by atoms with E-state index in [0.29, 0.717) is 34.0 Å². The summed E-state index contributed by atoms with van der Waals surface area (Å²) in [5, 5.41) is 10.5. The van der Waals surface area contributed by atoms with Gasteiger partial charge in [-0.05, 0) is 54.2 Å². The van der Waals surface area contributed by atoms with Gasteiger partial charge < -0.3 is 14.7 Å². The number of carboxylic acids is 1. The normalized spacial score (nSPS) is 23.1. The van der Waals surface area contributed by atoms with Crippen molar-refractivity contribution in [2.24, 2.45) is 5.92 Å². The van der Waals surface area contributed by atoms with Crippen LogP contribution in [0.15, 0.2) is 48.5 Å². The molecular weight excluding hydrogens is 551 g/mol. The molecule has 1 aliphatic heterocycles. The molecule has 0 unspecified atom stereocenters. The largest absolute Gasteiger partial charge is 0.481 e. The third-order valence-electron chi connectivity index (χ3n) is 7.12. The molecule has 11 heteroatoms. The van der Waals surface area contributed by atoms with Gasteiger partial charge in [0, 0.05) is 29.9 Å². The fraction of sp³-hybridized carbons (Fsp3) is 0.444. The highest BCUT2D eigenvalue weighted by Gasteiger charge is 2.53. The third kappa shape index (κ3) is 5.84. The lowest BCUT2D eigenvalue weighted by atomic mass is 9.89. The van der Waals surface area contributed by atoms with E-state index in [-0.39, 0.29) is 5.92 Å². The van der Waals surface area contributed by atoms with Crippen LogP contribution in [0.3, 0.4) is 0 Å². The molecule has 202 valence electrons. The van der Waals surface area contributed by atoms with Crippen LogP contribution in [-0.2, 0) is 24.2 Å². The average Bonchev–Trinajstić information content (AvgIpc) is 3.69. The average molecular weight is 580 g/mol. The van der Waals surface area contributed by atoms with Gasteiger partial charge in [0.2, 0.25) is 9.84 Å². The molecular formula is C27H28Cl2N2O6S. The molecule has 8 nitrogen and oxygen atoms in total. The molecule has 1 saturated carbocycles. The van der Waals surface area contributed by atoms with Crippen LogP contribution in [0.25, 0.3) is 4.85 Å². The summed E-state index contributed by atoms with van der Waals surface area (Å²) >= 11 is 12.4. The first-order chi connectivity index (χ1) is 17.8. The van der Waals surface area contributed by atoms with Gasteiger partial charge in [0.15, 0.2) is 0 Å². The summed E-state index contributed by atoms with van der Waals surface area (Å²) in [6.45, 7) is 10.1. The molecule has 1 aliphatic carbocycles. The van der Waals surface area contributed by atoms with Crippen molar-refractivity contribution in [3.8, 4) is 0 Å². The minimum atomic E-state index is -3.98. The minimum absolute atomic E-state index is 0.117. The number of aliphatic carboxylic acids is 1. The number of ether oxygens (including phenoxy) is 1. The van der Waals surface area contributed by atoms with Gasteiger partial charge in [-0.1, -0.05) is 47.5 Å². The predicted octanol–water partition coefficient (Wildman–Crippen LogP) is 5.33. The number of hydrogen-bond donors (Lipinski definition) is 1. The van der Waals surface area contributed by atoms with Gasteiger partial charge in [-0.3, -0.25) is 14.4 Å². The highest BCUT2D eigenvalue weighted by atomic mass is 35.5. The first-order valence-corrected chi connectivity index (χ1v) is 14.6. The quantitative estimate of drug-likeness (QED) is 0.403. The lowest BCUT2D eigenvalue weighted by Crippen LogP contribution is -2.58. The van der Waals surface area contributed by atoms with Crippen molar-refractivity contribution in [3.63, 3.8) is 0 Å². The Bertz CT molecular complexity index is 1370. The topological polar surface area (TPSA) is 105 Å². The third-order valence-corrected chi connectivity index (χ3v) is 10.0. The van der Waals surface area contributed by atoms with Crippen LogP contribution < -0.4 is 0 Å². The van der Waals surface area contributed by atoms with E-state index in [1.165, 1.54) is 18.7 Å². The summed E-state index contributed by atoms with van der Waals surface area (Å²) in [5.74, 6) is -2.36. The van der Waals surface area contributed by atoms with Gasteiger partial charge in [0.05, 0.1) is 18.2 Å². The fourth-order valence-corrected chi connectivity index (χ4v) is 6.54. The number of hydrogen-bond acceptors (Lipinski definition) is 5. The highest BCUT2D eigenvalue weighted by Crippen LogP contribution is 2.48. The van der Waals surface area contributed by atoms with Crippen molar-refractivity contribution in [2.75, 3.05) is 5.75 Å². The maximum absolute atomic E-state index is 14.0. The van der Waals surface area contributed by atoms with E-state index >= 15 is 0 Å². The second-order valence-electron chi connectivity index (χ2n) is 10.2. The Morgan fingerprint density at radius 1 is 1.16 bits per heavy atom. The van der Waals surface area contributed by atoms with Crippen molar-refractivity contribution < 1.29 is 27.9 Å². The zero-order valence-corrected chi connectivity index (χ0v) is 23.2. The molecule has 0 spiro atoms. The molecule has 0 radical (unpaired) electrons. The lowest BCUT2D eigenvalue weighted by molar-refractivity contribution is -0.183. The van der Waals surface area contributed by atoms with Gasteiger partial charge in [-0.25, -0.2) is 15.0 Å². The van der Waals surface area contributed by atoms with Crippen LogP contribution in [0, 0.1) is 12.5 Å². The zero-order valence-electron chi connectivity index (χ0n) is 20.9. The van der Waals surface area contributed by atoms with Crippen LogP contribution in [0.4, 0.5) is 0 Å². The number of amides is 1. The molecule has 4 rings (SSSR count). The highest BCUT2D eigenvalue weighted by molar-refractivity contribution is 7.92. The van der Waals surface area contributed by atoms with Gasteiger partial charge >= 0.3 is 10.8 Å². The first-order valence-electron chi connectivity index (χ1n) is 12.2. The van der Waals surface area contributed by atoms with Gasteiger partial charge in [-0.15, -0.1) is 0 Å². The summed E-state index contributed by atoms with van der Waals surface area (Å²) in [7, 11) is -3.98. The number of morpholine rings is 1. The molecule has 2 fully saturated rings. The molecule has 1 heterocycles. The van der Waals surface area contributed by atoms with Gasteiger partial charge in [0.25, 0.3) is 5.91 Å². The Morgan fingerprint density at radius 3 is 2.37 bits per heavy atom. The molecule has 2 aromatic rings. The smallest absolute Gasteiger partial charge is 0.323 e. The van der Waals surface area contributed by atoms with E-state index < -0.39 is 63.0 Å². The Balaban J connectivity index is 1.90. The van der Waals surface area contributed by atoms with E-state index in [4.69, 9.17) is 34.5 Å². The fourth-order valence-electron chi connectivity index (χ4n) is 4.79. The van der Waals surface area contributed by atoms with Crippen LogP contribution in [0.5, 0.6) is 0 Å². The summed E-state index contributed by atoms with van der Waals surface area (Å²) in [4.78, 5) is 28.8. The van der Waals surface area contributed by atoms with Crippen molar-refractivity contribution in [2.45, 2.75) is 62.3 Å². The van der Waals surface area contributed by atoms with Crippen LogP contribution >= 0.6 is 23.2 Å². The molecule has 1 amide bonds. The number of carboxylic acid groups (broad SMARTS) is 1. The lowest BCUT2D eigenvalue weighted by Gasteiger charge is -2.48. The minimum Gasteiger partial charge on any atom is -0.481 e. The molecule has 4 atom stereocenters. The summed E-state index contributed by atoms with van der Waals surface area (Å²) in [6.07, 6.45) is -1.34. The summed E-state index contributed by atoms with van der Waals surface area (Å²) < 4.78 is 33.0. The SMILES string of the molecule is [C-]#[N+]C(C)(C)S(=O)(=O)C[C@H](C1CC1)N1C(=O)[C@@H](CC(=O)O)O[C@H](c2cccc(Cl)c2)[C@H]1c1ccc(Cl)cc1. The molecule has 2 aliphatic rings. The van der Waals surface area contributed by atoms with E-state index in [9.17, 15) is 23.1 Å². The molecule has 0 aromatic heterocycles. The van der Waals surface area contributed by atoms with E-state index in [1.807, 2.05) is 0 Å². The predicted molar refractivity (Wildman–Crippen MR) is 143 cm³/mol. The second kappa shape index (κ2) is 10.9. The summed E-state index contributed by atoms with van der Waals surface area (Å²) in [5.41, 5.74) is 1.26. The Labute approximate surface area is 232 Å². The molecule has 38 heavy (non-hydrogen) atoms. The van der Waals surface area contributed by atoms with E-state index in [2.05, 4.69) is 4.85 Å². The van der Waals surface area contributed by atoms with Crippen LogP contribution in [0.1, 0.15) is 56.4 Å². The Hall–Kier alpha value is -2.64. The number of nitrogens with zero attached hydrogens (tertiary/aromatic N) is 2. The number of carbonyl (C=O) groups excluding carboxylic acids is 1. The maximum Gasteiger partial charge on any atom is 0.323 e.